The van der Waals surface area contributed by atoms with Gasteiger partial charge in [-0.25, -0.2) is 12.8 Å². The zero-order chi connectivity index (χ0) is 15.9. The van der Waals surface area contributed by atoms with E-state index in [0.717, 1.165) is 6.07 Å². The summed E-state index contributed by atoms with van der Waals surface area (Å²) in [7, 11) is -3.66. The number of rotatable bonds is 6. The molecule has 0 aromatic heterocycles. The summed E-state index contributed by atoms with van der Waals surface area (Å²) in [6.07, 6.45) is 1.42. The molecule has 0 aliphatic heterocycles. The van der Waals surface area contributed by atoms with Gasteiger partial charge < -0.3 is 5.73 Å². The highest BCUT2D eigenvalue weighted by atomic mass is 32.2. The van der Waals surface area contributed by atoms with Crippen LogP contribution in [0.5, 0.6) is 0 Å². The molecule has 0 bridgehead atoms. The Morgan fingerprint density at radius 3 is 2.33 bits per heavy atom. The Labute approximate surface area is 126 Å². The lowest BCUT2D eigenvalue weighted by molar-refractivity contribution is 0.409. The minimum absolute atomic E-state index is 0.0415. The lowest BCUT2D eigenvalue weighted by Gasteiger charge is -2.21. The molecule has 6 heteroatoms. The van der Waals surface area contributed by atoms with Gasteiger partial charge in [-0.1, -0.05) is 25.7 Å². The van der Waals surface area contributed by atoms with Gasteiger partial charge in [-0.3, -0.25) is 0 Å². The summed E-state index contributed by atoms with van der Waals surface area (Å²) < 4.78 is 40.3. The molecule has 0 fully saturated rings. The molecule has 0 heterocycles. The summed E-state index contributed by atoms with van der Waals surface area (Å²) >= 11 is 0. The second kappa shape index (κ2) is 8.13. The molecule has 2 N–H and O–H groups in total. The Hall–Kier alpha value is -1.42. The Morgan fingerprint density at radius 2 is 1.86 bits per heavy atom. The SMILES string of the molecule is CCCN(CCC)S(=O)(=O)c1ccc(C#CCN)c(F)c1. The fourth-order valence-corrected chi connectivity index (χ4v) is 3.54. The van der Waals surface area contributed by atoms with Crippen molar-refractivity contribution in [3.63, 3.8) is 0 Å². The molecule has 4 nitrogen and oxygen atoms in total. The van der Waals surface area contributed by atoms with Crippen molar-refractivity contribution in [1.82, 2.24) is 4.31 Å². The first-order valence-electron chi connectivity index (χ1n) is 6.96. The normalized spacial score (nSPS) is 11.3. The molecule has 1 aromatic carbocycles. The molecule has 0 aliphatic rings. The van der Waals surface area contributed by atoms with Crippen LogP contribution in [0.1, 0.15) is 32.3 Å². The zero-order valence-electron chi connectivity index (χ0n) is 12.4. The third kappa shape index (κ3) is 4.53. The van der Waals surface area contributed by atoms with Crippen LogP contribution in [0.3, 0.4) is 0 Å². The van der Waals surface area contributed by atoms with E-state index in [1.54, 1.807) is 0 Å². The summed E-state index contributed by atoms with van der Waals surface area (Å²) in [6, 6.07) is 3.78. The molecule has 0 saturated heterocycles. The molecule has 1 rings (SSSR count). The first-order valence-corrected chi connectivity index (χ1v) is 8.40. The number of hydrogen-bond acceptors (Lipinski definition) is 3. The Bertz CT molecular complexity index is 627. The minimum atomic E-state index is -3.66. The van der Waals surface area contributed by atoms with Crippen LogP contribution < -0.4 is 5.73 Å². The van der Waals surface area contributed by atoms with Gasteiger partial charge in [0.15, 0.2) is 0 Å². The highest BCUT2D eigenvalue weighted by Crippen LogP contribution is 2.19. The number of sulfonamides is 1. The van der Waals surface area contributed by atoms with Gasteiger partial charge in [0, 0.05) is 13.1 Å². The second-order valence-electron chi connectivity index (χ2n) is 4.55. The van der Waals surface area contributed by atoms with E-state index in [1.807, 2.05) is 13.8 Å². The number of hydrogen-bond donors (Lipinski definition) is 1. The van der Waals surface area contributed by atoms with Gasteiger partial charge in [-0.2, -0.15) is 4.31 Å². The van der Waals surface area contributed by atoms with Crippen molar-refractivity contribution in [2.45, 2.75) is 31.6 Å². The second-order valence-corrected chi connectivity index (χ2v) is 6.49. The van der Waals surface area contributed by atoms with E-state index in [1.165, 1.54) is 16.4 Å². The molecule has 0 aliphatic carbocycles. The smallest absolute Gasteiger partial charge is 0.243 e. The highest BCUT2D eigenvalue weighted by molar-refractivity contribution is 7.89. The molecule has 1 aromatic rings. The van der Waals surface area contributed by atoms with Crippen LogP contribution in [0.25, 0.3) is 0 Å². The van der Waals surface area contributed by atoms with E-state index >= 15 is 0 Å². The number of halogens is 1. The molecule has 0 radical (unpaired) electrons. The molecular weight excluding hydrogens is 291 g/mol. The van der Waals surface area contributed by atoms with Crippen molar-refractivity contribution < 1.29 is 12.8 Å². The Morgan fingerprint density at radius 1 is 1.24 bits per heavy atom. The standard InChI is InChI=1S/C15H21FN2O2S/c1-3-10-18(11-4-2)21(19,20)14-8-7-13(6-5-9-17)15(16)12-14/h7-8,12H,3-4,9-11,17H2,1-2H3. The maximum absolute atomic E-state index is 13.9. The zero-order valence-corrected chi connectivity index (χ0v) is 13.2. The minimum Gasteiger partial charge on any atom is -0.320 e. The fourth-order valence-electron chi connectivity index (χ4n) is 1.90. The number of benzene rings is 1. The maximum atomic E-state index is 13.9. The van der Waals surface area contributed by atoms with Crippen molar-refractivity contribution in [2.24, 2.45) is 5.73 Å². The molecule has 0 spiro atoms. The van der Waals surface area contributed by atoms with Crippen molar-refractivity contribution in [3.8, 4) is 11.8 Å². The molecule has 21 heavy (non-hydrogen) atoms. The quantitative estimate of drug-likeness (QED) is 0.817. The van der Waals surface area contributed by atoms with Gasteiger partial charge in [-0.05, 0) is 31.0 Å². The van der Waals surface area contributed by atoms with Gasteiger partial charge in [0.2, 0.25) is 10.0 Å². The third-order valence-corrected chi connectivity index (χ3v) is 4.74. The van der Waals surface area contributed by atoms with Gasteiger partial charge in [0.05, 0.1) is 17.0 Å². The van der Waals surface area contributed by atoms with Gasteiger partial charge in [0.1, 0.15) is 5.82 Å². The molecule has 0 unspecified atom stereocenters. The summed E-state index contributed by atoms with van der Waals surface area (Å²) in [5, 5.41) is 0. The number of nitrogens with two attached hydrogens (primary N) is 1. The van der Waals surface area contributed by atoms with Crippen LogP contribution >= 0.6 is 0 Å². The summed E-state index contributed by atoms with van der Waals surface area (Å²) in [6.45, 7) is 4.79. The van der Waals surface area contributed by atoms with Crippen molar-refractivity contribution in [2.75, 3.05) is 19.6 Å². The first-order chi connectivity index (χ1) is 9.97. The van der Waals surface area contributed by atoms with Crippen molar-refractivity contribution in [1.29, 1.82) is 0 Å². The fraction of sp³-hybridized carbons (Fsp3) is 0.467. The lowest BCUT2D eigenvalue weighted by Crippen LogP contribution is -2.32. The van der Waals surface area contributed by atoms with Gasteiger partial charge in [0.25, 0.3) is 0 Å². The van der Waals surface area contributed by atoms with Crippen LogP contribution in [0.4, 0.5) is 4.39 Å². The molecule has 0 amide bonds. The molecule has 116 valence electrons. The van der Waals surface area contributed by atoms with Crippen LogP contribution in [0.15, 0.2) is 23.1 Å². The van der Waals surface area contributed by atoms with Crippen LogP contribution in [-0.4, -0.2) is 32.4 Å². The summed E-state index contributed by atoms with van der Waals surface area (Å²) in [5.74, 6) is 4.47. The molecular formula is C15H21FN2O2S. The van der Waals surface area contributed by atoms with Crippen LogP contribution in [0.2, 0.25) is 0 Å². The molecule has 0 atom stereocenters. The average Bonchev–Trinajstić information content (AvgIpc) is 2.45. The van der Waals surface area contributed by atoms with E-state index in [0.29, 0.717) is 25.9 Å². The summed E-state index contributed by atoms with van der Waals surface area (Å²) in [4.78, 5) is -0.0415. The third-order valence-electron chi connectivity index (χ3n) is 2.85. The van der Waals surface area contributed by atoms with Crippen LogP contribution in [0, 0.1) is 17.7 Å². The predicted molar refractivity (Wildman–Crippen MR) is 81.7 cm³/mol. The largest absolute Gasteiger partial charge is 0.320 e. The van der Waals surface area contributed by atoms with Crippen molar-refractivity contribution in [3.05, 3.63) is 29.6 Å². The van der Waals surface area contributed by atoms with E-state index in [4.69, 9.17) is 5.73 Å². The van der Waals surface area contributed by atoms with Crippen molar-refractivity contribution >= 4 is 10.0 Å². The van der Waals surface area contributed by atoms with Crippen LogP contribution in [-0.2, 0) is 10.0 Å². The lowest BCUT2D eigenvalue weighted by atomic mass is 10.2. The van der Waals surface area contributed by atoms with Gasteiger partial charge in [-0.15, -0.1) is 0 Å². The monoisotopic (exact) mass is 312 g/mol. The number of nitrogens with zero attached hydrogens (tertiary/aromatic N) is 1. The maximum Gasteiger partial charge on any atom is 0.243 e. The predicted octanol–water partition coefficient (Wildman–Crippen LogP) is 1.95. The topological polar surface area (TPSA) is 63.4 Å². The first kappa shape index (κ1) is 17.6. The van der Waals surface area contributed by atoms with Gasteiger partial charge >= 0.3 is 0 Å². The Kier molecular flexibility index (Phi) is 6.82. The summed E-state index contributed by atoms with van der Waals surface area (Å²) in [5.41, 5.74) is 5.38. The van der Waals surface area contributed by atoms with E-state index in [9.17, 15) is 12.8 Å². The average molecular weight is 312 g/mol. The van der Waals surface area contributed by atoms with E-state index in [-0.39, 0.29) is 17.0 Å². The van der Waals surface area contributed by atoms with E-state index in [2.05, 4.69) is 11.8 Å². The Balaban J connectivity index is 3.16. The van der Waals surface area contributed by atoms with E-state index < -0.39 is 15.8 Å². The molecule has 0 saturated carbocycles. The highest BCUT2D eigenvalue weighted by Gasteiger charge is 2.23.